The number of H-pyrrole nitrogens is 1. The van der Waals surface area contributed by atoms with Gasteiger partial charge >= 0.3 is 5.97 Å². The Morgan fingerprint density at radius 1 is 1.33 bits per heavy atom. The maximum absolute atomic E-state index is 12.6. The number of esters is 1. The Labute approximate surface area is 142 Å². The number of likely N-dealkylation sites (N-methyl/N-ethyl adjacent to an activating group) is 1. The lowest BCUT2D eigenvalue weighted by Crippen LogP contribution is -2.59. The number of hydrogen-bond acceptors (Lipinski definition) is 2. The summed E-state index contributed by atoms with van der Waals surface area (Å²) in [5, 5.41) is 0.938. The Hall–Kier alpha value is -2.07. The van der Waals surface area contributed by atoms with E-state index < -0.39 is 0 Å². The molecule has 2 aliphatic heterocycles. The highest BCUT2D eigenvalue weighted by molar-refractivity contribution is 6.04. The molecule has 3 heterocycles. The van der Waals surface area contributed by atoms with Gasteiger partial charge in [-0.1, -0.05) is 24.8 Å². The van der Waals surface area contributed by atoms with E-state index in [0.717, 1.165) is 34.8 Å². The number of nitrogens with zero attached hydrogens (tertiary/aromatic N) is 1. The van der Waals surface area contributed by atoms with Crippen LogP contribution in [0.15, 0.2) is 43.1 Å². The van der Waals surface area contributed by atoms with E-state index in [1.165, 1.54) is 12.8 Å². The molecule has 2 atom stereocenters. The molecule has 24 heavy (non-hydrogen) atoms. The summed E-state index contributed by atoms with van der Waals surface area (Å²) >= 11 is 0. The average Bonchev–Trinajstić information content (AvgIpc) is 3.03. The van der Waals surface area contributed by atoms with Gasteiger partial charge in [0.2, 0.25) is 0 Å². The van der Waals surface area contributed by atoms with Crippen LogP contribution < -0.4 is 0 Å². The van der Waals surface area contributed by atoms with E-state index in [9.17, 15) is 4.79 Å². The van der Waals surface area contributed by atoms with Crippen LogP contribution in [0.5, 0.6) is 0 Å². The van der Waals surface area contributed by atoms with E-state index in [4.69, 9.17) is 4.74 Å². The summed E-state index contributed by atoms with van der Waals surface area (Å²) < 4.78 is 6.98. The number of piperidine rings is 1. The van der Waals surface area contributed by atoms with Gasteiger partial charge < -0.3 is 14.2 Å². The number of rotatable bonds is 4. The quantitative estimate of drug-likeness (QED) is 0.530. The molecule has 0 spiro atoms. The number of para-hydroxylation sites is 1. The van der Waals surface area contributed by atoms with E-state index in [1.54, 1.807) is 6.20 Å². The minimum Gasteiger partial charge on any atom is -0.458 e. The molecule has 0 saturated carbocycles. The predicted octanol–water partition coefficient (Wildman–Crippen LogP) is 3.65. The summed E-state index contributed by atoms with van der Waals surface area (Å²) in [7, 11) is 2.34. The van der Waals surface area contributed by atoms with Gasteiger partial charge in [0.1, 0.15) is 6.10 Å². The number of ether oxygens (including phenoxy) is 1. The molecular weight excluding hydrogens is 300 g/mol. The fourth-order valence-corrected chi connectivity index (χ4v) is 4.82. The Kier molecular flexibility index (Phi) is 3.72. The molecule has 2 aromatic rings. The first-order valence-electron chi connectivity index (χ1n) is 8.84. The molecule has 2 unspecified atom stereocenters. The van der Waals surface area contributed by atoms with Gasteiger partial charge in [0.05, 0.1) is 31.2 Å². The molecule has 1 aromatic heterocycles. The summed E-state index contributed by atoms with van der Waals surface area (Å²) in [5.41, 5.74) is 1.62. The van der Waals surface area contributed by atoms with Crippen molar-refractivity contribution in [1.29, 1.82) is 0 Å². The van der Waals surface area contributed by atoms with E-state index in [2.05, 4.69) is 18.6 Å². The lowest BCUT2D eigenvalue weighted by atomic mass is 9.96. The van der Waals surface area contributed by atoms with Crippen LogP contribution >= 0.6 is 0 Å². The molecule has 2 saturated heterocycles. The van der Waals surface area contributed by atoms with Gasteiger partial charge in [-0.05, 0) is 12.1 Å². The average molecular weight is 325 g/mol. The van der Waals surface area contributed by atoms with Gasteiger partial charge in [-0.15, -0.1) is 0 Å². The predicted molar refractivity (Wildman–Crippen MR) is 94.8 cm³/mol. The van der Waals surface area contributed by atoms with E-state index >= 15 is 0 Å². The maximum atomic E-state index is 12.6. The fourth-order valence-electron chi connectivity index (χ4n) is 4.82. The molecule has 0 amide bonds. The number of carbonyl (C=O) groups excluding carboxylic acids is 1. The number of carbonyl (C=O) groups is 1. The number of aromatic amines is 1. The van der Waals surface area contributed by atoms with Crippen LogP contribution in [-0.2, 0) is 4.74 Å². The van der Waals surface area contributed by atoms with Crippen LogP contribution in [0.25, 0.3) is 10.9 Å². The Balaban J connectivity index is 1.49. The number of hydrogen-bond donors (Lipinski definition) is 1. The zero-order chi connectivity index (χ0) is 16.7. The smallest absolute Gasteiger partial charge is 0.340 e. The Bertz CT molecular complexity index is 765. The minimum absolute atomic E-state index is 0.0414. The molecule has 1 aromatic carbocycles. The Morgan fingerprint density at radius 2 is 2.04 bits per heavy atom. The zero-order valence-electron chi connectivity index (χ0n) is 14.2. The SMILES string of the molecule is C=CC[N+]1(C)C2CCC1CC(OC(=O)c1c[nH]c3ccccc13)C2. The molecule has 2 bridgehead atoms. The maximum Gasteiger partial charge on any atom is 0.340 e. The van der Waals surface area contributed by atoms with Crippen molar-refractivity contribution in [3.63, 3.8) is 0 Å². The molecule has 2 aliphatic rings. The van der Waals surface area contributed by atoms with Crippen molar-refractivity contribution in [1.82, 2.24) is 4.98 Å². The molecule has 4 heteroatoms. The molecule has 2 fully saturated rings. The second-order valence-corrected chi connectivity index (χ2v) is 7.45. The zero-order valence-corrected chi connectivity index (χ0v) is 14.2. The van der Waals surface area contributed by atoms with Crippen molar-refractivity contribution >= 4 is 16.9 Å². The number of benzene rings is 1. The van der Waals surface area contributed by atoms with E-state index in [0.29, 0.717) is 17.6 Å². The van der Waals surface area contributed by atoms with Crippen LogP contribution in [0, 0.1) is 0 Å². The minimum atomic E-state index is -0.198. The van der Waals surface area contributed by atoms with Crippen molar-refractivity contribution < 1.29 is 14.0 Å². The lowest BCUT2D eigenvalue weighted by molar-refractivity contribution is -0.944. The molecule has 0 radical (unpaired) electrons. The van der Waals surface area contributed by atoms with Crippen LogP contribution in [-0.4, -0.2) is 47.2 Å². The van der Waals surface area contributed by atoms with Gasteiger partial charge in [0.15, 0.2) is 0 Å². The number of aromatic nitrogens is 1. The van der Waals surface area contributed by atoms with Crippen molar-refractivity contribution in [3.05, 3.63) is 48.7 Å². The summed E-state index contributed by atoms with van der Waals surface area (Å²) in [4.78, 5) is 15.8. The molecule has 0 aliphatic carbocycles. The molecular formula is C20H25N2O2+. The summed E-state index contributed by atoms with van der Waals surface area (Å²) in [5.74, 6) is -0.198. The number of quaternary nitrogens is 1. The third-order valence-electron chi connectivity index (χ3n) is 6.18. The molecule has 4 rings (SSSR count). The molecule has 1 N–H and O–H groups in total. The van der Waals surface area contributed by atoms with Crippen molar-refractivity contribution in [3.8, 4) is 0 Å². The third-order valence-corrected chi connectivity index (χ3v) is 6.18. The van der Waals surface area contributed by atoms with Crippen LogP contribution in [0.4, 0.5) is 0 Å². The first-order valence-corrected chi connectivity index (χ1v) is 8.84. The number of nitrogens with one attached hydrogen (secondary N) is 1. The van der Waals surface area contributed by atoms with Crippen molar-refractivity contribution in [2.45, 2.75) is 43.9 Å². The first kappa shape index (κ1) is 15.5. The second-order valence-electron chi connectivity index (χ2n) is 7.45. The van der Waals surface area contributed by atoms with Gasteiger partial charge in [-0.2, -0.15) is 0 Å². The molecule has 126 valence electrons. The third kappa shape index (κ3) is 2.37. The Morgan fingerprint density at radius 3 is 2.75 bits per heavy atom. The topological polar surface area (TPSA) is 42.1 Å². The van der Waals surface area contributed by atoms with Gasteiger partial charge in [0.25, 0.3) is 0 Å². The fraction of sp³-hybridized carbons (Fsp3) is 0.450. The van der Waals surface area contributed by atoms with E-state index in [1.807, 2.05) is 30.3 Å². The highest BCUT2D eigenvalue weighted by Crippen LogP contribution is 2.42. The van der Waals surface area contributed by atoms with Gasteiger partial charge in [-0.3, -0.25) is 0 Å². The van der Waals surface area contributed by atoms with Crippen LogP contribution in [0.1, 0.15) is 36.0 Å². The highest BCUT2D eigenvalue weighted by Gasteiger charge is 2.51. The highest BCUT2D eigenvalue weighted by atomic mass is 16.5. The summed E-state index contributed by atoms with van der Waals surface area (Å²) in [6, 6.07) is 9.03. The normalized spacial score (nSPS) is 32.0. The molecule has 4 nitrogen and oxygen atoms in total. The van der Waals surface area contributed by atoms with E-state index in [-0.39, 0.29) is 12.1 Å². The van der Waals surface area contributed by atoms with Gasteiger partial charge in [-0.25, -0.2) is 4.79 Å². The first-order chi connectivity index (χ1) is 11.6. The lowest BCUT2D eigenvalue weighted by Gasteiger charge is -2.46. The largest absolute Gasteiger partial charge is 0.458 e. The van der Waals surface area contributed by atoms with Crippen molar-refractivity contribution in [2.24, 2.45) is 0 Å². The summed E-state index contributed by atoms with van der Waals surface area (Å²) in [6.07, 6.45) is 8.24. The van der Waals surface area contributed by atoms with Crippen LogP contribution in [0.3, 0.4) is 0 Å². The summed E-state index contributed by atoms with van der Waals surface area (Å²) in [6.45, 7) is 4.93. The van der Waals surface area contributed by atoms with Crippen LogP contribution in [0.2, 0.25) is 0 Å². The second kappa shape index (κ2) is 5.78. The standard InChI is InChI=1S/C20H24N2O2/c1-3-10-22(2)14-8-9-15(22)12-16(11-14)24-20(23)18-13-21-19-7-5-4-6-17(18)19/h3-7,13-16H,1,8-12H2,2H3/p+1. The van der Waals surface area contributed by atoms with Gasteiger partial charge in [0, 0.05) is 42.8 Å². The number of fused-ring (bicyclic) bond motifs is 3. The van der Waals surface area contributed by atoms with Crippen molar-refractivity contribution in [2.75, 3.05) is 13.6 Å². The monoisotopic (exact) mass is 325 g/mol.